The highest BCUT2D eigenvalue weighted by atomic mass is 16.5. The summed E-state index contributed by atoms with van der Waals surface area (Å²) >= 11 is 0. The lowest BCUT2D eigenvalue weighted by molar-refractivity contribution is 0.0582. The van der Waals surface area contributed by atoms with Crippen LogP contribution >= 0.6 is 0 Å². The molecule has 104 valence electrons. The van der Waals surface area contributed by atoms with E-state index < -0.39 is 6.10 Å². The number of carbonyl (C=O) groups excluding carboxylic acids is 1. The highest BCUT2D eigenvalue weighted by molar-refractivity contribution is 6.04. The zero-order chi connectivity index (χ0) is 14.0. The minimum Gasteiger partial charge on any atom is -0.504 e. The van der Waals surface area contributed by atoms with Gasteiger partial charge in [-0.25, -0.2) is 0 Å². The van der Waals surface area contributed by atoms with Crippen LogP contribution in [-0.2, 0) is 11.2 Å². The third-order valence-corrected chi connectivity index (χ3v) is 3.46. The topological polar surface area (TPSA) is 65.0 Å². The van der Waals surface area contributed by atoms with Crippen LogP contribution in [0.5, 0.6) is 17.2 Å². The van der Waals surface area contributed by atoms with Gasteiger partial charge in [0, 0.05) is 7.11 Å². The number of hydrogen-bond acceptors (Lipinski definition) is 5. The standard InChI is InChI=1S/C14H18O5/c1-17-9-6-4-5-8-7-10(18-2)14(19-3)13(16)11(8)12(9)15/h7,9,16H,4-6H2,1-3H3/t9-/m0/s1. The van der Waals surface area contributed by atoms with Crippen molar-refractivity contribution in [2.75, 3.05) is 21.3 Å². The number of Topliss-reactive ketones (excluding diaryl/α,β-unsaturated/α-hetero) is 1. The van der Waals surface area contributed by atoms with Crippen LogP contribution in [0.25, 0.3) is 0 Å². The fraction of sp³-hybridized carbons (Fsp3) is 0.500. The highest BCUT2D eigenvalue weighted by Gasteiger charge is 2.31. The fourth-order valence-corrected chi connectivity index (χ4v) is 2.49. The van der Waals surface area contributed by atoms with E-state index in [-0.39, 0.29) is 17.3 Å². The largest absolute Gasteiger partial charge is 0.504 e. The van der Waals surface area contributed by atoms with E-state index in [1.54, 1.807) is 6.07 Å². The van der Waals surface area contributed by atoms with E-state index in [0.717, 1.165) is 12.0 Å². The molecule has 19 heavy (non-hydrogen) atoms. The molecule has 0 amide bonds. The lowest BCUT2D eigenvalue weighted by Crippen LogP contribution is -2.22. The molecular weight excluding hydrogens is 248 g/mol. The quantitative estimate of drug-likeness (QED) is 0.847. The van der Waals surface area contributed by atoms with Gasteiger partial charge in [0.05, 0.1) is 19.8 Å². The van der Waals surface area contributed by atoms with Crippen LogP contribution in [-0.4, -0.2) is 38.3 Å². The summed E-state index contributed by atoms with van der Waals surface area (Å²) in [6.07, 6.45) is 1.67. The monoisotopic (exact) mass is 266 g/mol. The number of benzene rings is 1. The van der Waals surface area contributed by atoms with E-state index in [1.807, 2.05) is 0 Å². The normalized spacial score (nSPS) is 18.7. The number of carbonyl (C=O) groups is 1. The average molecular weight is 266 g/mol. The van der Waals surface area contributed by atoms with Crippen molar-refractivity contribution in [2.24, 2.45) is 0 Å². The summed E-state index contributed by atoms with van der Waals surface area (Å²) in [4.78, 5) is 12.4. The van der Waals surface area contributed by atoms with Gasteiger partial charge in [0.1, 0.15) is 6.10 Å². The third kappa shape index (κ3) is 2.26. The molecule has 5 heteroatoms. The van der Waals surface area contributed by atoms with Gasteiger partial charge in [-0.3, -0.25) is 4.79 Å². The van der Waals surface area contributed by atoms with Crippen molar-refractivity contribution in [3.63, 3.8) is 0 Å². The number of methoxy groups -OCH3 is 3. The minimum atomic E-state index is -0.509. The second-order valence-electron chi connectivity index (χ2n) is 4.48. The Morgan fingerprint density at radius 2 is 2.00 bits per heavy atom. The van der Waals surface area contributed by atoms with E-state index in [1.165, 1.54) is 21.3 Å². The molecule has 0 heterocycles. The van der Waals surface area contributed by atoms with Crippen LogP contribution in [0.2, 0.25) is 0 Å². The van der Waals surface area contributed by atoms with Crippen molar-refractivity contribution in [3.05, 3.63) is 17.2 Å². The molecule has 0 unspecified atom stereocenters. The second-order valence-corrected chi connectivity index (χ2v) is 4.48. The molecule has 1 aromatic carbocycles. The molecule has 1 aromatic rings. The van der Waals surface area contributed by atoms with Crippen LogP contribution in [0.1, 0.15) is 28.8 Å². The number of ketones is 1. The summed E-state index contributed by atoms with van der Waals surface area (Å²) in [5.41, 5.74) is 1.07. The molecule has 0 radical (unpaired) electrons. The first-order valence-electron chi connectivity index (χ1n) is 6.17. The zero-order valence-corrected chi connectivity index (χ0v) is 11.4. The third-order valence-electron chi connectivity index (χ3n) is 3.46. The number of aromatic hydroxyl groups is 1. The molecular formula is C14H18O5. The van der Waals surface area contributed by atoms with Crippen molar-refractivity contribution in [1.29, 1.82) is 0 Å². The van der Waals surface area contributed by atoms with E-state index in [2.05, 4.69) is 0 Å². The summed E-state index contributed by atoms with van der Waals surface area (Å²) in [6, 6.07) is 1.75. The Bertz CT molecular complexity index is 495. The van der Waals surface area contributed by atoms with Crippen LogP contribution < -0.4 is 9.47 Å². The molecule has 1 atom stereocenters. The maximum Gasteiger partial charge on any atom is 0.203 e. The Morgan fingerprint density at radius 1 is 1.26 bits per heavy atom. The number of phenolic OH excluding ortho intramolecular Hbond substituents is 1. The van der Waals surface area contributed by atoms with Crippen LogP contribution in [0.15, 0.2) is 6.07 Å². The maximum absolute atomic E-state index is 12.4. The van der Waals surface area contributed by atoms with E-state index in [0.29, 0.717) is 24.2 Å². The number of aryl methyl sites for hydroxylation is 1. The van der Waals surface area contributed by atoms with Crippen LogP contribution in [0, 0.1) is 0 Å². The molecule has 1 N–H and O–H groups in total. The van der Waals surface area contributed by atoms with Gasteiger partial charge < -0.3 is 19.3 Å². The number of rotatable bonds is 3. The number of phenols is 1. The van der Waals surface area contributed by atoms with Gasteiger partial charge in [-0.15, -0.1) is 0 Å². The zero-order valence-electron chi connectivity index (χ0n) is 11.4. The Hall–Kier alpha value is -1.75. The summed E-state index contributed by atoms with van der Waals surface area (Å²) in [5, 5.41) is 10.3. The molecule has 2 rings (SSSR count). The predicted molar refractivity (Wildman–Crippen MR) is 69.3 cm³/mol. The van der Waals surface area contributed by atoms with Gasteiger partial charge >= 0.3 is 0 Å². The first-order valence-corrected chi connectivity index (χ1v) is 6.17. The lowest BCUT2D eigenvalue weighted by Gasteiger charge is -2.16. The predicted octanol–water partition coefficient (Wildman–Crippen LogP) is 1.94. The van der Waals surface area contributed by atoms with Crippen molar-refractivity contribution >= 4 is 5.78 Å². The number of hydrogen-bond donors (Lipinski definition) is 1. The van der Waals surface area contributed by atoms with Gasteiger partial charge in [0.25, 0.3) is 0 Å². The molecule has 5 nitrogen and oxygen atoms in total. The molecule has 0 fully saturated rings. The Balaban J connectivity index is 2.62. The van der Waals surface area contributed by atoms with Gasteiger partial charge in [0.15, 0.2) is 17.3 Å². The van der Waals surface area contributed by atoms with Gasteiger partial charge in [-0.2, -0.15) is 0 Å². The molecule has 0 aromatic heterocycles. The summed E-state index contributed by atoms with van der Waals surface area (Å²) in [6.45, 7) is 0. The number of ether oxygens (including phenoxy) is 3. The average Bonchev–Trinajstić information content (AvgIpc) is 2.57. The van der Waals surface area contributed by atoms with Crippen molar-refractivity contribution < 1.29 is 24.1 Å². The van der Waals surface area contributed by atoms with Gasteiger partial charge in [-0.1, -0.05) is 0 Å². The SMILES string of the molecule is COc1cc2c(c(O)c1OC)C(=O)[C@@H](OC)CCC2. The van der Waals surface area contributed by atoms with E-state index in [4.69, 9.17) is 14.2 Å². The Morgan fingerprint density at radius 3 is 2.58 bits per heavy atom. The van der Waals surface area contributed by atoms with Crippen molar-refractivity contribution in [2.45, 2.75) is 25.4 Å². The van der Waals surface area contributed by atoms with Crippen molar-refractivity contribution in [1.82, 2.24) is 0 Å². The Kier molecular flexibility index (Phi) is 3.95. The summed E-state index contributed by atoms with van der Waals surface area (Å²) in [7, 11) is 4.43. The molecule has 0 saturated heterocycles. The molecule has 0 spiro atoms. The fourth-order valence-electron chi connectivity index (χ4n) is 2.49. The first-order chi connectivity index (χ1) is 9.13. The lowest BCUT2D eigenvalue weighted by atomic mass is 9.99. The molecule has 0 bridgehead atoms. The van der Waals surface area contributed by atoms with E-state index >= 15 is 0 Å². The summed E-state index contributed by atoms with van der Waals surface area (Å²) < 4.78 is 15.5. The second kappa shape index (κ2) is 5.48. The smallest absolute Gasteiger partial charge is 0.203 e. The molecule has 1 aliphatic rings. The highest BCUT2D eigenvalue weighted by Crippen LogP contribution is 2.43. The van der Waals surface area contributed by atoms with Crippen LogP contribution in [0.4, 0.5) is 0 Å². The van der Waals surface area contributed by atoms with Gasteiger partial charge in [-0.05, 0) is 30.9 Å². The molecule has 1 aliphatic carbocycles. The first kappa shape index (κ1) is 13.7. The summed E-state index contributed by atoms with van der Waals surface area (Å²) in [5.74, 6) is 0.257. The van der Waals surface area contributed by atoms with Crippen LogP contribution in [0.3, 0.4) is 0 Å². The molecule has 0 aliphatic heterocycles. The van der Waals surface area contributed by atoms with Gasteiger partial charge in [0.2, 0.25) is 5.75 Å². The number of fused-ring (bicyclic) bond motifs is 1. The molecule has 0 saturated carbocycles. The maximum atomic E-state index is 12.4. The minimum absolute atomic E-state index is 0.161. The Labute approximate surface area is 112 Å². The van der Waals surface area contributed by atoms with E-state index in [9.17, 15) is 9.90 Å². The van der Waals surface area contributed by atoms with Crippen molar-refractivity contribution in [3.8, 4) is 17.2 Å².